The topological polar surface area (TPSA) is 85.8 Å². The maximum atomic E-state index is 12.7. The van der Waals surface area contributed by atoms with Gasteiger partial charge in [0.25, 0.3) is 0 Å². The number of pyridine rings is 1. The van der Waals surface area contributed by atoms with E-state index in [4.69, 9.17) is 5.11 Å². The van der Waals surface area contributed by atoms with Gasteiger partial charge in [-0.1, -0.05) is 24.3 Å². The van der Waals surface area contributed by atoms with E-state index in [2.05, 4.69) is 20.1 Å². The number of ketones is 2. The number of allylic oxidation sites excluding steroid dienone is 1. The average molecular weight is 449 g/mol. The lowest BCUT2D eigenvalue weighted by Crippen LogP contribution is -2.48. The van der Waals surface area contributed by atoms with Crippen LogP contribution in [0, 0.1) is 0 Å². The Bertz CT molecular complexity index is 947. The summed E-state index contributed by atoms with van der Waals surface area (Å²) < 4.78 is 0. The standard InChI is InChI=1S/C26H32N4O3/c31-16-15-30-13-11-29(12-14-30)10-9-28-19-24-25(32)17-23(18-26(24)33)21-3-1-20(2-4-21)22-5-7-27-8-6-22/h1-8,19,23,28,31H,9-18H2. The van der Waals surface area contributed by atoms with E-state index in [1.54, 1.807) is 18.6 Å². The van der Waals surface area contributed by atoms with E-state index in [0.29, 0.717) is 25.0 Å². The molecule has 174 valence electrons. The minimum atomic E-state index is -0.0837. The summed E-state index contributed by atoms with van der Waals surface area (Å²) in [5.41, 5.74) is 3.51. The molecule has 2 fully saturated rings. The molecule has 2 aromatic rings. The number of aliphatic hydroxyl groups excluding tert-OH is 1. The summed E-state index contributed by atoms with van der Waals surface area (Å²) >= 11 is 0. The summed E-state index contributed by atoms with van der Waals surface area (Å²) in [4.78, 5) is 34.1. The maximum Gasteiger partial charge on any atom is 0.168 e. The molecule has 0 amide bonds. The molecule has 1 aliphatic heterocycles. The van der Waals surface area contributed by atoms with Crippen LogP contribution in [0.3, 0.4) is 0 Å². The van der Waals surface area contributed by atoms with Gasteiger partial charge in [0.1, 0.15) is 0 Å². The fourth-order valence-electron chi connectivity index (χ4n) is 4.56. The molecule has 2 aliphatic rings. The first kappa shape index (κ1) is 23.3. The molecule has 0 unspecified atom stereocenters. The van der Waals surface area contributed by atoms with Crippen molar-refractivity contribution in [3.05, 3.63) is 66.1 Å². The van der Waals surface area contributed by atoms with Gasteiger partial charge in [-0.2, -0.15) is 0 Å². The minimum absolute atomic E-state index is 0.0659. The van der Waals surface area contributed by atoms with Crippen LogP contribution in [0.5, 0.6) is 0 Å². The van der Waals surface area contributed by atoms with Crippen molar-refractivity contribution in [2.75, 3.05) is 52.4 Å². The molecule has 2 heterocycles. The second-order valence-electron chi connectivity index (χ2n) is 8.73. The van der Waals surface area contributed by atoms with Gasteiger partial charge >= 0.3 is 0 Å². The van der Waals surface area contributed by atoms with E-state index in [9.17, 15) is 9.59 Å². The zero-order chi connectivity index (χ0) is 23.0. The van der Waals surface area contributed by atoms with Crippen molar-refractivity contribution >= 4 is 11.6 Å². The fraction of sp³-hybridized carbons (Fsp3) is 0.423. The molecular formula is C26H32N4O3. The van der Waals surface area contributed by atoms with E-state index in [-0.39, 0.29) is 24.1 Å². The van der Waals surface area contributed by atoms with Crippen LogP contribution in [-0.4, -0.2) is 83.9 Å². The van der Waals surface area contributed by atoms with Crippen molar-refractivity contribution in [3.8, 4) is 11.1 Å². The SMILES string of the molecule is O=C1CC(c2ccc(-c3ccncc3)cc2)CC(=O)C1=CNCCN1CCN(CCO)CC1. The third-order valence-corrected chi connectivity index (χ3v) is 6.56. The molecule has 7 heteroatoms. The predicted octanol–water partition coefficient (Wildman–Crippen LogP) is 1.85. The van der Waals surface area contributed by atoms with Gasteiger partial charge in [0, 0.05) is 77.2 Å². The quantitative estimate of drug-likeness (QED) is 0.362. The molecule has 4 rings (SSSR count). The highest BCUT2D eigenvalue weighted by Crippen LogP contribution is 2.32. The third kappa shape index (κ3) is 6.13. The maximum absolute atomic E-state index is 12.7. The summed E-state index contributed by atoms with van der Waals surface area (Å²) in [5, 5.41) is 12.2. The van der Waals surface area contributed by atoms with E-state index < -0.39 is 0 Å². The second-order valence-corrected chi connectivity index (χ2v) is 8.73. The number of β-amino-alcohol motifs (C(OH)–C–C–N with tert-alkyl or cyclic N) is 1. The van der Waals surface area contributed by atoms with Gasteiger partial charge in [-0.05, 0) is 34.7 Å². The molecule has 2 N–H and O–H groups in total. The van der Waals surface area contributed by atoms with Crippen LogP contribution < -0.4 is 5.32 Å². The first-order chi connectivity index (χ1) is 16.1. The van der Waals surface area contributed by atoms with Crippen LogP contribution in [-0.2, 0) is 9.59 Å². The average Bonchev–Trinajstić information content (AvgIpc) is 2.85. The first-order valence-corrected chi connectivity index (χ1v) is 11.7. The van der Waals surface area contributed by atoms with Crippen LogP contribution >= 0.6 is 0 Å². The molecule has 0 spiro atoms. The monoisotopic (exact) mass is 448 g/mol. The van der Waals surface area contributed by atoms with E-state index >= 15 is 0 Å². The molecule has 1 saturated heterocycles. The Kier molecular flexibility index (Phi) is 7.99. The van der Waals surface area contributed by atoms with Crippen LogP contribution in [0.15, 0.2) is 60.6 Å². The molecule has 1 aromatic heterocycles. The Labute approximate surface area is 195 Å². The molecule has 7 nitrogen and oxygen atoms in total. The zero-order valence-electron chi connectivity index (χ0n) is 18.9. The number of aromatic nitrogens is 1. The number of hydrogen-bond acceptors (Lipinski definition) is 7. The van der Waals surface area contributed by atoms with Gasteiger partial charge in [0.15, 0.2) is 11.6 Å². The summed E-state index contributed by atoms with van der Waals surface area (Å²) in [6, 6.07) is 12.0. The van der Waals surface area contributed by atoms with Crippen molar-refractivity contribution in [2.45, 2.75) is 18.8 Å². The van der Waals surface area contributed by atoms with Crippen molar-refractivity contribution in [1.82, 2.24) is 20.1 Å². The largest absolute Gasteiger partial charge is 0.395 e. The highest BCUT2D eigenvalue weighted by molar-refractivity contribution is 6.22. The smallest absolute Gasteiger partial charge is 0.168 e. The molecule has 0 radical (unpaired) electrons. The lowest BCUT2D eigenvalue weighted by atomic mass is 9.80. The molecular weight excluding hydrogens is 416 g/mol. The molecule has 0 atom stereocenters. The van der Waals surface area contributed by atoms with Gasteiger partial charge < -0.3 is 10.4 Å². The first-order valence-electron chi connectivity index (χ1n) is 11.7. The van der Waals surface area contributed by atoms with Crippen LogP contribution in [0.25, 0.3) is 11.1 Å². The fourth-order valence-corrected chi connectivity index (χ4v) is 4.56. The number of aliphatic hydroxyl groups is 1. The molecule has 0 bridgehead atoms. The van der Waals surface area contributed by atoms with Crippen molar-refractivity contribution < 1.29 is 14.7 Å². The Hall–Kier alpha value is -2.87. The number of nitrogens with one attached hydrogen (secondary N) is 1. The van der Waals surface area contributed by atoms with Crippen molar-refractivity contribution in [2.24, 2.45) is 0 Å². The molecule has 33 heavy (non-hydrogen) atoms. The molecule has 1 aromatic carbocycles. The third-order valence-electron chi connectivity index (χ3n) is 6.56. The lowest BCUT2D eigenvalue weighted by Gasteiger charge is -2.34. The Morgan fingerprint density at radius 1 is 0.879 bits per heavy atom. The Balaban J connectivity index is 1.26. The predicted molar refractivity (Wildman–Crippen MR) is 128 cm³/mol. The summed E-state index contributed by atoms with van der Waals surface area (Å²) in [6.45, 7) is 6.37. The van der Waals surface area contributed by atoms with Crippen LogP contribution in [0.1, 0.15) is 24.3 Å². The zero-order valence-corrected chi connectivity index (χ0v) is 18.9. The van der Waals surface area contributed by atoms with Crippen molar-refractivity contribution in [3.63, 3.8) is 0 Å². The lowest BCUT2D eigenvalue weighted by molar-refractivity contribution is -0.124. The molecule has 1 aliphatic carbocycles. The highest BCUT2D eigenvalue weighted by atomic mass is 16.3. The number of carbonyl (C=O) groups is 2. The van der Waals surface area contributed by atoms with Gasteiger partial charge in [0.2, 0.25) is 0 Å². The van der Waals surface area contributed by atoms with Crippen LogP contribution in [0.4, 0.5) is 0 Å². The number of nitrogens with zero attached hydrogens (tertiary/aromatic N) is 3. The Morgan fingerprint density at radius 3 is 2.06 bits per heavy atom. The summed E-state index contributed by atoms with van der Waals surface area (Å²) in [6.07, 6.45) is 5.88. The van der Waals surface area contributed by atoms with Gasteiger partial charge in [-0.15, -0.1) is 0 Å². The van der Waals surface area contributed by atoms with Gasteiger partial charge in [-0.3, -0.25) is 24.4 Å². The number of piperazine rings is 1. The van der Waals surface area contributed by atoms with E-state index in [1.165, 1.54) is 0 Å². The van der Waals surface area contributed by atoms with Gasteiger partial charge in [-0.25, -0.2) is 0 Å². The van der Waals surface area contributed by atoms with Crippen LogP contribution in [0.2, 0.25) is 0 Å². The second kappa shape index (κ2) is 11.3. The highest BCUT2D eigenvalue weighted by Gasteiger charge is 2.31. The number of hydrogen-bond donors (Lipinski definition) is 2. The van der Waals surface area contributed by atoms with E-state index in [0.717, 1.165) is 56.0 Å². The van der Waals surface area contributed by atoms with Crippen molar-refractivity contribution in [1.29, 1.82) is 0 Å². The minimum Gasteiger partial charge on any atom is -0.395 e. The van der Waals surface area contributed by atoms with E-state index in [1.807, 2.05) is 36.4 Å². The summed E-state index contributed by atoms with van der Waals surface area (Å²) in [5.74, 6) is -0.233. The number of carbonyl (C=O) groups excluding carboxylic acids is 2. The van der Waals surface area contributed by atoms with Gasteiger partial charge in [0.05, 0.1) is 12.2 Å². The Morgan fingerprint density at radius 2 is 1.45 bits per heavy atom. The molecule has 1 saturated carbocycles. The number of Topliss-reactive ketones (excluding diaryl/α,β-unsaturated/α-hetero) is 2. The number of rotatable bonds is 8. The number of benzene rings is 1. The normalized spacial score (nSPS) is 20.2. The summed E-state index contributed by atoms with van der Waals surface area (Å²) in [7, 11) is 0.